The minimum absolute atomic E-state index is 0.348. The fourth-order valence-electron chi connectivity index (χ4n) is 3.78. The summed E-state index contributed by atoms with van der Waals surface area (Å²) < 4.78 is 11.2. The quantitative estimate of drug-likeness (QED) is 0.894. The second-order valence-electron chi connectivity index (χ2n) is 7.07. The van der Waals surface area contributed by atoms with E-state index in [-0.39, 0.29) is 0 Å². The van der Waals surface area contributed by atoms with Crippen molar-refractivity contribution in [3.05, 3.63) is 59.2 Å². The minimum Gasteiger partial charge on any atom is -0.486 e. The van der Waals surface area contributed by atoms with Crippen LogP contribution in [0.15, 0.2) is 42.5 Å². The van der Waals surface area contributed by atoms with Crippen molar-refractivity contribution in [2.75, 3.05) is 26.3 Å². The van der Waals surface area contributed by atoms with Gasteiger partial charge >= 0.3 is 5.97 Å². The van der Waals surface area contributed by atoms with Gasteiger partial charge in [0.05, 0.1) is 5.56 Å². The lowest BCUT2D eigenvalue weighted by atomic mass is 9.98. The number of aromatic carboxylic acids is 1. The molecule has 2 aromatic rings. The van der Waals surface area contributed by atoms with E-state index >= 15 is 0 Å². The summed E-state index contributed by atoms with van der Waals surface area (Å²) in [7, 11) is 0. The van der Waals surface area contributed by atoms with E-state index in [2.05, 4.69) is 17.0 Å². The van der Waals surface area contributed by atoms with Crippen LogP contribution in [0.3, 0.4) is 0 Å². The molecule has 1 unspecified atom stereocenters. The first-order chi connectivity index (χ1) is 12.7. The summed E-state index contributed by atoms with van der Waals surface area (Å²) in [6, 6.07) is 13.5. The number of nitrogens with zero attached hydrogens (tertiary/aromatic N) is 1. The Bertz CT molecular complexity index is 787. The monoisotopic (exact) mass is 353 g/mol. The zero-order valence-corrected chi connectivity index (χ0v) is 14.7. The van der Waals surface area contributed by atoms with E-state index in [1.54, 1.807) is 12.1 Å². The predicted molar refractivity (Wildman–Crippen MR) is 97.9 cm³/mol. The first-order valence-corrected chi connectivity index (χ1v) is 9.10. The van der Waals surface area contributed by atoms with Crippen molar-refractivity contribution in [3.8, 4) is 11.5 Å². The smallest absolute Gasteiger partial charge is 0.335 e. The summed E-state index contributed by atoms with van der Waals surface area (Å²) in [6.07, 6.45) is 2.17. The lowest BCUT2D eigenvalue weighted by Crippen LogP contribution is -2.21. The Balaban J connectivity index is 1.33. The third-order valence-corrected chi connectivity index (χ3v) is 5.11. The lowest BCUT2D eigenvalue weighted by Gasteiger charge is -2.21. The number of fused-ring (bicyclic) bond motifs is 1. The highest BCUT2D eigenvalue weighted by Crippen LogP contribution is 2.32. The standard InChI is InChI=1S/C21H23NO4/c23-21(24)18-4-1-15(2-5-18)11-17-7-8-22(14-17)13-16-3-6-19-20(12-16)26-10-9-25-19/h1-6,12,17H,7-11,13-14H2,(H,23,24). The van der Waals surface area contributed by atoms with Gasteiger partial charge in [-0.3, -0.25) is 4.90 Å². The zero-order chi connectivity index (χ0) is 17.9. The summed E-state index contributed by atoms with van der Waals surface area (Å²) in [5.41, 5.74) is 2.81. The molecule has 0 amide bonds. The number of ether oxygens (including phenoxy) is 2. The number of carboxylic acids is 1. The lowest BCUT2D eigenvalue weighted by molar-refractivity contribution is 0.0697. The largest absolute Gasteiger partial charge is 0.486 e. The van der Waals surface area contributed by atoms with E-state index in [0.717, 1.165) is 37.6 Å². The van der Waals surface area contributed by atoms with Gasteiger partial charge in [0.15, 0.2) is 11.5 Å². The number of hydrogen-bond acceptors (Lipinski definition) is 4. The Morgan fingerprint density at radius 1 is 1.04 bits per heavy atom. The van der Waals surface area contributed by atoms with E-state index in [1.807, 2.05) is 18.2 Å². The molecule has 1 atom stereocenters. The summed E-state index contributed by atoms with van der Waals surface area (Å²) in [5, 5.41) is 8.99. The van der Waals surface area contributed by atoms with Gasteiger partial charge in [-0.05, 0) is 60.7 Å². The fourth-order valence-corrected chi connectivity index (χ4v) is 3.78. The second kappa shape index (κ2) is 7.38. The molecule has 2 aliphatic rings. The van der Waals surface area contributed by atoms with E-state index in [1.165, 1.54) is 17.5 Å². The molecule has 0 spiro atoms. The fraction of sp³-hybridized carbons (Fsp3) is 0.381. The van der Waals surface area contributed by atoms with Crippen LogP contribution in [0.4, 0.5) is 0 Å². The molecule has 2 aliphatic heterocycles. The molecule has 5 nitrogen and oxygen atoms in total. The van der Waals surface area contributed by atoms with Gasteiger partial charge in [0.2, 0.25) is 0 Å². The van der Waals surface area contributed by atoms with E-state index in [9.17, 15) is 4.79 Å². The molecule has 1 saturated heterocycles. The molecule has 5 heteroatoms. The molecule has 0 radical (unpaired) electrons. The Kier molecular flexibility index (Phi) is 4.80. The van der Waals surface area contributed by atoms with Gasteiger partial charge in [0, 0.05) is 13.1 Å². The van der Waals surface area contributed by atoms with Crippen LogP contribution in [0, 0.1) is 5.92 Å². The van der Waals surface area contributed by atoms with Crippen LogP contribution in [0.5, 0.6) is 11.5 Å². The van der Waals surface area contributed by atoms with Crippen molar-refractivity contribution < 1.29 is 19.4 Å². The van der Waals surface area contributed by atoms with Crippen LogP contribution in [-0.4, -0.2) is 42.3 Å². The molecule has 2 heterocycles. The summed E-state index contributed by atoms with van der Waals surface area (Å²) in [6.45, 7) is 4.31. The Hall–Kier alpha value is -2.53. The van der Waals surface area contributed by atoms with Crippen molar-refractivity contribution in [1.29, 1.82) is 0 Å². The molecule has 2 aromatic carbocycles. The predicted octanol–water partition coefficient (Wildman–Crippen LogP) is 3.22. The molecule has 136 valence electrons. The van der Waals surface area contributed by atoms with Gasteiger partial charge in [-0.1, -0.05) is 18.2 Å². The highest BCUT2D eigenvalue weighted by atomic mass is 16.6. The van der Waals surface area contributed by atoms with Gasteiger partial charge < -0.3 is 14.6 Å². The van der Waals surface area contributed by atoms with Crippen molar-refractivity contribution >= 4 is 5.97 Å². The third kappa shape index (κ3) is 3.83. The third-order valence-electron chi connectivity index (χ3n) is 5.11. The molecule has 0 aromatic heterocycles. The Morgan fingerprint density at radius 2 is 1.77 bits per heavy atom. The number of carbonyl (C=O) groups is 1. The average Bonchev–Trinajstić information content (AvgIpc) is 3.09. The molecule has 0 aliphatic carbocycles. The highest BCUT2D eigenvalue weighted by Gasteiger charge is 2.23. The number of hydrogen-bond donors (Lipinski definition) is 1. The average molecular weight is 353 g/mol. The van der Waals surface area contributed by atoms with Gasteiger partial charge in [-0.2, -0.15) is 0 Å². The number of likely N-dealkylation sites (tertiary alicyclic amines) is 1. The second-order valence-corrected chi connectivity index (χ2v) is 7.07. The van der Waals surface area contributed by atoms with Gasteiger partial charge in [0.25, 0.3) is 0 Å². The van der Waals surface area contributed by atoms with Crippen LogP contribution in [0.2, 0.25) is 0 Å². The van der Waals surface area contributed by atoms with E-state index in [4.69, 9.17) is 14.6 Å². The van der Waals surface area contributed by atoms with Crippen molar-refractivity contribution in [2.24, 2.45) is 5.92 Å². The molecule has 1 fully saturated rings. The molecule has 1 N–H and O–H groups in total. The SMILES string of the molecule is O=C(O)c1ccc(CC2CCN(Cc3ccc4c(c3)OCCO4)C2)cc1. The molecular formula is C21H23NO4. The topological polar surface area (TPSA) is 59.0 Å². The number of carboxylic acid groups (broad SMARTS) is 1. The molecule has 26 heavy (non-hydrogen) atoms. The summed E-state index contributed by atoms with van der Waals surface area (Å²) in [4.78, 5) is 13.4. The minimum atomic E-state index is -0.872. The van der Waals surface area contributed by atoms with E-state index < -0.39 is 5.97 Å². The zero-order valence-electron chi connectivity index (χ0n) is 14.7. The molecule has 0 bridgehead atoms. The van der Waals surface area contributed by atoms with Crippen LogP contribution >= 0.6 is 0 Å². The van der Waals surface area contributed by atoms with Crippen LogP contribution in [0.1, 0.15) is 27.9 Å². The molecule has 0 saturated carbocycles. The first kappa shape index (κ1) is 16.9. The van der Waals surface area contributed by atoms with Crippen LogP contribution in [-0.2, 0) is 13.0 Å². The van der Waals surface area contributed by atoms with Gasteiger partial charge in [-0.25, -0.2) is 4.79 Å². The van der Waals surface area contributed by atoms with Crippen molar-refractivity contribution in [1.82, 2.24) is 4.90 Å². The maximum Gasteiger partial charge on any atom is 0.335 e. The van der Waals surface area contributed by atoms with Crippen molar-refractivity contribution in [3.63, 3.8) is 0 Å². The highest BCUT2D eigenvalue weighted by molar-refractivity contribution is 5.87. The molecule has 4 rings (SSSR count). The Morgan fingerprint density at radius 3 is 2.54 bits per heavy atom. The first-order valence-electron chi connectivity index (χ1n) is 9.10. The normalized spacial score (nSPS) is 19.5. The van der Waals surface area contributed by atoms with E-state index in [0.29, 0.717) is 24.7 Å². The number of benzene rings is 2. The van der Waals surface area contributed by atoms with Gasteiger partial charge in [-0.15, -0.1) is 0 Å². The van der Waals surface area contributed by atoms with Crippen molar-refractivity contribution in [2.45, 2.75) is 19.4 Å². The van der Waals surface area contributed by atoms with Gasteiger partial charge in [0.1, 0.15) is 13.2 Å². The van der Waals surface area contributed by atoms with Crippen LogP contribution < -0.4 is 9.47 Å². The maximum absolute atomic E-state index is 10.9. The van der Waals surface area contributed by atoms with Crippen LogP contribution in [0.25, 0.3) is 0 Å². The Labute approximate surface area is 153 Å². The number of rotatable bonds is 5. The maximum atomic E-state index is 10.9. The summed E-state index contributed by atoms with van der Waals surface area (Å²) in [5.74, 6) is 1.43. The summed E-state index contributed by atoms with van der Waals surface area (Å²) >= 11 is 0. The molecular weight excluding hydrogens is 330 g/mol.